The van der Waals surface area contributed by atoms with Gasteiger partial charge in [-0.15, -0.1) is 11.3 Å². The topological polar surface area (TPSA) is 98.1 Å². The number of nitrogens with zero attached hydrogens (tertiary/aromatic N) is 3. The molecule has 0 aliphatic rings. The number of benzene rings is 1. The predicted molar refractivity (Wildman–Crippen MR) is 169 cm³/mol. The highest BCUT2D eigenvalue weighted by Gasteiger charge is 2.25. The third kappa shape index (κ3) is 8.12. The fourth-order valence-electron chi connectivity index (χ4n) is 3.93. The summed E-state index contributed by atoms with van der Waals surface area (Å²) in [5.74, 6) is -0.339. The number of amides is 2. The molecule has 0 saturated heterocycles. The van der Waals surface area contributed by atoms with E-state index in [9.17, 15) is 9.59 Å². The van der Waals surface area contributed by atoms with Gasteiger partial charge in [0.2, 0.25) is 0 Å². The van der Waals surface area contributed by atoms with Crippen LogP contribution in [-0.4, -0.2) is 47.1 Å². The summed E-state index contributed by atoms with van der Waals surface area (Å²) >= 11 is 1.35. The van der Waals surface area contributed by atoms with Gasteiger partial charge in [-0.25, -0.2) is 9.97 Å². The Morgan fingerprint density at radius 3 is 2.49 bits per heavy atom. The number of thiophene rings is 1. The van der Waals surface area contributed by atoms with Crippen molar-refractivity contribution in [3.63, 3.8) is 0 Å². The fourth-order valence-corrected chi connectivity index (χ4v) is 5.56. The molecule has 3 heterocycles. The van der Waals surface area contributed by atoms with Crippen molar-refractivity contribution < 1.29 is 14.3 Å². The van der Waals surface area contributed by atoms with Crippen LogP contribution >= 0.6 is 11.3 Å². The van der Waals surface area contributed by atoms with Gasteiger partial charge in [0.25, 0.3) is 11.8 Å². The highest BCUT2D eigenvalue weighted by atomic mass is 32.1. The van der Waals surface area contributed by atoms with Crippen LogP contribution in [0, 0.1) is 5.41 Å². The Morgan fingerprint density at radius 2 is 1.80 bits per heavy atom. The molecule has 218 valence electrons. The van der Waals surface area contributed by atoms with Gasteiger partial charge in [-0.3, -0.25) is 9.59 Å². The second-order valence-corrected chi connectivity index (χ2v) is 19.4. The van der Waals surface area contributed by atoms with Crippen LogP contribution in [0.3, 0.4) is 0 Å². The first kappa shape index (κ1) is 30.6. The molecule has 2 amide bonds. The average molecular weight is 592 g/mol. The standard InChI is InChI=1S/C31H41N5O3SSi/c1-21(31(2,3)4)34-29(37)23-19-36(20-39-15-16-41(5,6)7)28-27(23)35-24(18-32-28)25-13-14-26(40-25)30(38)33-17-22-11-9-8-10-12-22/h8-14,18-19,21H,15-17,20H2,1-7H3,(H,33,38)(H,34,37)/t21-/m0/s1. The average Bonchev–Trinajstić information content (AvgIpc) is 3.55. The van der Waals surface area contributed by atoms with Gasteiger partial charge in [-0.05, 0) is 36.1 Å². The van der Waals surface area contributed by atoms with Crippen molar-refractivity contribution in [2.24, 2.45) is 5.41 Å². The highest BCUT2D eigenvalue weighted by molar-refractivity contribution is 7.17. The SMILES string of the molecule is C[C@H](NC(=O)c1cn(COCC[Si](C)(C)C)c2ncc(-c3ccc(C(=O)NCc4ccccc4)s3)nc12)C(C)(C)C. The third-order valence-corrected chi connectivity index (χ3v) is 9.87. The van der Waals surface area contributed by atoms with Gasteiger partial charge in [-0.2, -0.15) is 0 Å². The van der Waals surface area contributed by atoms with Crippen LogP contribution in [0.25, 0.3) is 21.7 Å². The summed E-state index contributed by atoms with van der Waals surface area (Å²) in [7, 11) is -1.23. The van der Waals surface area contributed by atoms with Crippen molar-refractivity contribution in [1.82, 2.24) is 25.2 Å². The van der Waals surface area contributed by atoms with Crippen LogP contribution in [0.15, 0.2) is 54.9 Å². The summed E-state index contributed by atoms with van der Waals surface area (Å²) in [5, 5.41) is 6.10. The highest BCUT2D eigenvalue weighted by Crippen LogP contribution is 2.29. The number of nitrogens with one attached hydrogen (secondary N) is 2. The Hall–Kier alpha value is -3.34. The molecule has 1 atom stereocenters. The molecule has 41 heavy (non-hydrogen) atoms. The van der Waals surface area contributed by atoms with Gasteiger partial charge in [-0.1, -0.05) is 70.7 Å². The first-order chi connectivity index (χ1) is 19.3. The minimum absolute atomic E-state index is 0.0493. The molecular formula is C31H41N5O3SSi. The van der Waals surface area contributed by atoms with Gasteiger partial charge in [0.05, 0.1) is 27.2 Å². The monoisotopic (exact) mass is 591 g/mol. The van der Waals surface area contributed by atoms with E-state index in [1.54, 1.807) is 18.5 Å². The number of carbonyl (C=O) groups is 2. The number of aromatic nitrogens is 3. The zero-order valence-corrected chi connectivity index (χ0v) is 26.9. The van der Waals surface area contributed by atoms with Crippen molar-refractivity contribution in [3.05, 3.63) is 70.9 Å². The molecule has 8 nitrogen and oxygen atoms in total. The number of hydrogen-bond donors (Lipinski definition) is 2. The van der Waals surface area contributed by atoms with E-state index in [0.717, 1.165) is 16.5 Å². The van der Waals surface area contributed by atoms with Crippen molar-refractivity contribution in [2.75, 3.05) is 6.61 Å². The molecule has 4 aromatic rings. The maximum Gasteiger partial charge on any atom is 0.261 e. The lowest BCUT2D eigenvalue weighted by Gasteiger charge is -2.27. The van der Waals surface area contributed by atoms with E-state index >= 15 is 0 Å². The Morgan fingerprint density at radius 1 is 1.07 bits per heavy atom. The van der Waals surface area contributed by atoms with Crippen molar-refractivity contribution in [1.29, 1.82) is 0 Å². The molecule has 0 spiro atoms. The minimum Gasteiger partial charge on any atom is -0.361 e. The van der Waals surface area contributed by atoms with Crippen LogP contribution in [0.5, 0.6) is 0 Å². The molecule has 0 unspecified atom stereocenters. The fraction of sp³-hybridized carbons (Fsp3) is 0.419. The van der Waals surface area contributed by atoms with E-state index in [0.29, 0.717) is 47.2 Å². The summed E-state index contributed by atoms with van der Waals surface area (Å²) in [6.45, 7) is 16.6. The first-order valence-corrected chi connectivity index (χ1v) is 18.5. The van der Waals surface area contributed by atoms with E-state index in [2.05, 4.69) is 51.0 Å². The molecule has 0 radical (unpaired) electrons. The predicted octanol–water partition coefficient (Wildman–Crippen LogP) is 6.57. The van der Waals surface area contributed by atoms with Gasteiger partial charge in [0.15, 0.2) is 5.65 Å². The molecule has 0 fully saturated rings. The second kappa shape index (κ2) is 12.7. The summed E-state index contributed by atoms with van der Waals surface area (Å²) in [6.07, 6.45) is 3.47. The van der Waals surface area contributed by atoms with Crippen molar-refractivity contribution in [3.8, 4) is 10.6 Å². The number of hydrogen-bond acceptors (Lipinski definition) is 6. The zero-order valence-electron chi connectivity index (χ0n) is 25.1. The van der Waals surface area contributed by atoms with E-state index in [-0.39, 0.29) is 23.3 Å². The number of fused-ring (bicyclic) bond motifs is 1. The van der Waals surface area contributed by atoms with Crippen molar-refractivity contribution >= 4 is 42.4 Å². The molecule has 0 saturated carbocycles. The van der Waals surface area contributed by atoms with Crippen molar-refractivity contribution in [2.45, 2.75) is 72.7 Å². The van der Waals surface area contributed by atoms with Gasteiger partial charge in [0.1, 0.15) is 12.2 Å². The lowest BCUT2D eigenvalue weighted by Crippen LogP contribution is -2.41. The molecule has 4 rings (SSSR count). The lowest BCUT2D eigenvalue weighted by molar-refractivity contribution is 0.0882. The Kier molecular flexibility index (Phi) is 9.46. The quantitative estimate of drug-likeness (QED) is 0.152. The molecule has 0 bridgehead atoms. The third-order valence-electron chi connectivity index (χ3n) is 7.06. The van der Waals surface area contributed by atoms with Gasteiger partial charge in [0, 0.05) is 33.5 Å². The number of rotatable bonds is 11. The van der Waals surface area contributed by atoms with Gasteiger partial charge < -0.3 is 19.9 Å². The second-order valence-electron chi connectivity index (χ2n) is 12.7. The summed E-state index contributed by atoms with van der Waals surface area (Å²) in [6, 6.07) is 14.5. The van der Waals surface area contributed by atoms with Gasteiger partial charge >= 0.3 is 0 Å². The molecule has 3 aromatic heterocycles. The molecule has 1 aromatic carbocycles. The number of carbonyl (C=O) groups excluding carboxylic acids is 2. The summed E-state index contributed by atoms with van der Waals surface area (Å²) in [4.78, 5) is 37.2. The van der Waals surface area contributed by atoms with E-state index in [1.807, 2.05) is 47.9 Å². The number of ether oxygens (including phenoxy) is 1. The van der Waals surface area contributed by atoms with Crippen LogP contribution in [0.1, 0.15) is 53.3 Å². The first-order valence-electron chi connectivity index (χ1n) is 14.0. The Labute approximate surface area is 247 Å². The van der Waals surface area contributed by atoms with E-state index in [1.165, 1.54) is 11.3 Å². The van der Waals surface area contributed by atoms with Crippen LogP contribution in [0.2, 0.25) is 25.7 Å². The van der Waals surface area contributed by atoms with E-state index in [4.69, 9.17) is 14.7 Å². The van der Waals surface area contributed by atoms with Crippen LogP contribution in [0.4, 0.5) is 0 Å². The minimum atomic E-state index is -1.23. The summed E-state index contributed by atoms with van der Waals surface area (Å²) < 4.78 is 7.84. The lowest BCUT2D eigenvalue weighted by atomic mass is 9.88. The Balaban J connectivity index is 1.59. The molecule has 0 aliphatic carbocycles. The largest absolute Gasteiger partial charge is 0.361 e. The smallest absolute Gasteiger partial charge is 0.261 e. The maximum atomic E-state index is 13.4. The van der Waals surface area contributed by atoms with Crippen LogP contribution < -0.4 is 10.6 Å². The molecular weight excluding hydrogens is 551 g/mol. The molecule has 0 aliphatic heterocycles. The van der Waals surface area contributed by atoms with Crippen LogP contribution in [-0.2, 0) is 18.0 Å². The normalized spacial score (nSPS) is 12.9. The van der Waals surface area contributed by atoms with E-state index < -0.39 is 8.07 Å². The Bertz CT molecular complexity index is 1500. The summed E-state index contributed by atoms with van der Waals surface area (Å²) in [5.41, 5.74) is 3.11. The maximum absolute atomic E-state index is 13.4. The molecule has 10 heteroatoms. The molecule has 2 N–H and O–H groups in total. The zero-order chi connectivity index (χ0) is 29.8.